The number of hydrogen-bond donors (Lipinski definition) is 2. The fourth-order valence-corrected chi connectivity index (χ4v) is 3.41. The third-order valence-electron chi connectivity index (χ3n) is 5.15. The molecule has 0 aliphatic carbocycles. The summed E-state index contributed by atoms with van der Waals surface area (Å²) in [6.45, 7) is 5.44. The Kier molecular flexibility index (Phi) is 10.1. The number of ether oxygens (including phenoxy) is 4. The molecule has 3 rings (SSSR count). The molecule has 2 N–H and O–H groups in total. The Hall–Kier alpha value is -3.21. The lowest BCUT2D eigenvalue weighted by atomic mass is 10.1. The van der Waals surface area contributed by atoms with Gasteiger partial charge in [-0.25, -0.2) is 4.79 Å². The normalized spacial score (nSPS) is 13.9. The summed E-state index contributed by atoms with van der Waals surface area (Å²) < 4.78 is 21.4. The monoisotopic (exact) mass is 486 g/mol. The van der Waals surface area contributed by atoms with Gasteiger partial charge in [0.25, 0.3) is 0 Å². The van der Waals surface area contributed by atoms with E-state index in [1.807, 2.05) is 30.3 Å². The Morgan fingerprint density at radius 1 is 1.15 bits per heavy atom. The topological polar surface area (TPSA) is 93.7 Å². The van der Waals surface area contributed by atoms with Gasteiger partial charge in [0, 0.05) is 26.2 Å². The van der Waals surface area contributed by atoms with Crippen molar-refractivity contribution >= 4 is 29.5 Å². The summed E-state index contributed by atoms with van der Waals surface area (Å²) in [7, 11) is 2.94. The second kappa shape index (κ2) is 13.5. The lowest BCUT2D eigenvalue weighted by Crippen LogP contribution is -2.42. The van der Waals surface area contributed by atoms with E-state index in [2.05, 4.69) is 20.7 Å². The standard InChI is InChI=1S/C24H30N4O5S/c1-30-22-15-19(16-26-27-24(34)25-9-10-28-11-13-32-14-12-28)5-8-21(22)33-17-18-3-6-20(7-4-18)23(29)31-2/h3-8,15-16H,9-14,17H2,1-2H3,(H2,25,27,34). The Balaban J connectivity index is 1.45. The average Bonchev–Trinajstić information content (AvgIpc) is 2.88. The van der Waals surface area contributed by atoms with Crippen LogP contribution < -0.4 is 20.2 Å². The van der Waals surface area contributed by atoms with Gasteiger partial charge in [-0.3, -0.25) is 10.3 Å². The van der Waals surface area contributed by atoms with Crippen LogP contribution >= 0.6 is 12.2 Å². The zero-order valence-corrected chi connectivity index (χ0v) is 20.2. The van der Waals surface area contributed by atoms with Crippen LogP contribution in [0.1, 0.15) is 21.5 Å². The van der Waals surface area contributed by atoms with Gasteiger partial charge in [0.05, 0.1) is 39.2 Å². The maximum absolute atomic E-state index is 11.5. The Labute approximate surface area is 205 Å². The van der Waals surface area contributed by atoms with Crippen molar-refractivity contribution in [3.63, 3.8) is 0 Å². The quantitative estimate of drug-likeness (QED) is 0.227. The van der Waals surface area contributed by atoms with E-state index in [-0.39, 0.29) is 5.97 Å². The lowest BCUT2D eigenvalue weighted by Gasteiger charge is -2.26. The number of thiocarbonyl (C=S) groups is 1. The van der Waals surface area contributed by atoms with E-state index in [9.17, 15) is 4.79 Å². The number of methoxy groups -OCH3 is 2. The molecule has 1 saturated heterocycles. The third-order valence-corrected chi connectivity index (χ3v) is 5.39. The molecule has 0 bridgehead atoms. The van der Waals surface area contributed by atoms with E-state index in [4.69, 9.17) is 31.2 Å². The first-order valence-corrected chi connectivity index (χ1v) is 11.3. The van der Waals surface area contributed by atoms with Crippen LogP contribution in [0.4, 0.5) is 0 Å². The largest absolute Gasteiger partial charge is 0.493 e. The number of carbonyl (C=O) groups is 1. The molecule has 2 aromatic rings. The molecular formula is C24H30N4O5S. The highest BCUT2D eigenvalue weighted by molar-refractivity contribution is 7.80. The first kappa shape index (κ1) is 25.4. The number of benzene rings is 2. The molecule has 0 aromatic heterocycles. The number of hydrogen-bond acceptors (Lipinski definition) is 8. The zero-order chi connectivity index (χ0) is 24.2. The van der Waals surface area contributed by atoms with E-state index in [1.165, 1.54) is 7.11 Å². The SMILES string of the molecule is COC(=O)c1ccc(COc2ccc(C=NNC(=S)NCCN3CCOCC3)cc2OC)cc1. The first-order valence-electron chi connectivity index (χ1n) is 10.9. The van der Waals surface area contributed by atoms with Gasteiger partial charge in [-0.2, -0.15) is 5.10 Å². The van der Waals surface area contributed by atoms with Crippen molar-refractivity contribution in [1.82, 2.24) is 15.6 Å². The number of carbonyl (C=O) groups excluding carboxylic acids is 1. The predicted molar refractivity (Wildman–Crippen MR) is 134 cm³/mol. The van der Waals surface area contributed by atoms with Crippen molar-refractivity contribution in [2.24, 2.45) is 5.10 Å². The zero-order valence-electron chi connectivity index (χ0n) is 19.4. The molecule has 2 aromatic carbocycles. The van der Waals surface area contributed by atoms with Crippen molar-refractivity contribution in [3.8, 4) is 11.5 Å². The Morgan fingerprint density at radius 2 is 1.91 bits per heavy atom. The summed E-state index contributed by atoms with van der Waals surface area (Å²) in [5, 5.41) is 7.80. The van der Waals surface area contributed by atoms with Crippen LogP contribution in [-0.4, -0.2) is 75.8 Å². The van der Waals surface area contributed by atoms with E-state index >= 15 is 0 Å². The Bertz CT molecular complexity index is 978. The van der Waals surface area contributed by atoms with E-state index in [0.29, 0.717) is 28.8 Å². The summed E-state index contributed by atoms with van der Waals surface area (Å²) >= 11 is 5.27. The van der Waals surface area contributed by atoms with Crippen molar-refractivity contribution in [2.75, 3.05) is 53.6 Å². The van der Waals surface area contributed by atoms with Crippen molar-refractivity contribution in [3.05, 3.63) is 59.2 Å². The highest BCUT2D eigenvalue weighted by Gasteiger charge is 2.10. The van der Waals surface area contributed by atoms with Crippen LogP contribution in [0.25, 0.3) is 0 Å². The minimum absolute atomic E-state index is 0.331. The lowest BCUT2D eigenvalue weighted by molar-refractivity contribution is 0.0389. The minimum Gasteiger partial charge on any atom is -0.493 e. The number of hydrazone groups is 1. The Morgan fingerprint density at radius 3 is 2.62 bits per heavy atom. The van der Waals surface area contributed by atoms with Gasteiger partial charge in [0.2, 0.25) is 0 Å². The molecule has 1 aliphatic rings. The fraction of sp³-hybridized carbons (Fsp3) is 0.375. The van der Waals surface area contributed by atoms with Crippen molar-refractivity contribution in [2.45, 2.75) is 6.61 Å². The molecule has 182 valence electrons. The van der Waals surface area contributed by atoms with Crippen LogP contribution in [0.2, 0.25) is 0 Å². The van der Waals surface area contributed by atoms with Crippen LogP contribution in [-0.2, 0) is 16.1 Å². The van der Waals surface area contributed by atoms with Crippen LogP contribution in [0, 0.1) is 0 Å². The highest BCUT2D eigenvalue weighted by Crippen LogP contribution is 2.28. The van der Waals surface area contributed by atoms with Crippen LogP contribution in [0.3, 0.4) is 0 Å². The third kappa shape index (κ3) is 7.98. The fourth-order valence-electron chi connectivity index (χ4n) is 3.26. The van der Waals surface area contributed by atoms with Crippen LogP contribution in [0.15, 0.2) is 47.6 Å². The smallest absolute Gasteiger partial charge is 0.337 e. The van der Waals surface area contributed by atoms with Gasteiger partial charge >= 0.3 is 5.97 Å². The number of esters is 1. The second-order valence-corrected chi connectivity index (χ2v) is 7.88. The molecule has 0 amide bonds. The number of nitrogens with one attached hydrogen (secondary N) is 2. The van der Waals surface area contributed by atoms with Crippen molar-refractivity contribution in [1.29, 1.82) is 0 Å². The average molecular weight is 487 g/mol. The molecular weight excluding hydrogens is 456 g/mol. The molecule has 9 nitrogen and oxygen atoms in total. The molecule has 1 fully saturated rings. The van der Waals surface area contributed by atoms with Gasteiger partial charge < -0.3 is 24.3 Å². The van der Waals surface area contributed by atoms with Gasteiger partial charge in [-0.15, -0.1) is 0 Å². The number of rotatable bonds is 10. The predicted octanol–water partition coefficient (Wildman–Crippen LogP) is 2.19. The molecule has 34 heavy (non-hydrogen) atoms. The van der Waals surface area contributed by atoms with Crippen LogP contribution in [0.5, 0.6) is 11.5 Å². The molecule has 1 heterocycles. The molecule has 0 spiro atoms. The van der Waals surface area contributed by atoms with Crippen molar-refractivity contribution < 1.29 is 23.7 Å². The molecule has 10 heteroatoms. The summed E-state index contributed by atoms with van der Waals surface area (Å²) in [4.78, 5) is 13.9. The van der Waals surface area contributed by atoms with Gasteiger partial charge in [0.15, 0.2) is 16.6 Å². The van der Waals surface area contributed by atoms with Gasteiger partial charge in [0.1, 0.15) is 6.61 Å². The summed E-state index contributed by atoms with van der Waals surface area (Å²) in [5.74, 6) is 0.816. The number of nitrogens with zero attached hydrogens (tertiary/aromatic N) is 2. The molecule has 0 unspecified atom stereocenters. The maximum Gasteiger partial charge on any atom is 0.337 e. The highest BCUT2D eigenvalue weighted by atomic mass is 32.1. The number of morpholine rings is 1. The van der Waals surface area contributed by atoms with Gasteiger partial charge in [-0.05, 0) is 53.7 Å². The summed E-state index contributed by atoms with van der Waals surface area (Å²) in [6.07, 6.45) is 1.66. The van der Waals surface area contributed by atoms with E-state index < -0.39 is 0 Å². The van der Waals surface area contributed by atoms with E-state index in [1.54, 1.807) is 25.5 Å². The second-order valence-electron chi connectivity index (χ2n) is 7.47. The molecule has 0 radical (unpaired) electrons. The molecule has 0 saturated carbocycles. The maximum atomic E-state index is 11.5. The molecule has 0 atom stereocenters. The van der Waals surface area contributed by atoms with Gasteiger partial charge in [-0.1, -0.05) is 12.1 Å². The minimum atomic E-state index is -0.370. The first-order chi connectivity index (χ1) is 16.6. The summed E-state index contributed by atoms with van der Waals surface area (Å²) in [6, 6.07) is 12.6. The summed E-state index contributed by atoms with van der Waals surface area (Å²) in [5.41, 5.74) is 5.06. The molecule has 1 aliphatic heterocycles. The van der Waals surface area contributed by atoms with E-state index in [0.717, 1.165) is 50.5 Å².